The highest BCUT2D eigenvalue weighted by molar-refractivity contribution is 6.09. The van der Waals surface area contributed by atoms with E-state index in [4.69, 9.17) is 14.7 Å². The molecule has 3 aromatic carbocycles. The van der Waals surface area contributed by atoms with E-state index in [0.717, 1.165) is 71.9 Å². The van der Waals surface area contributed by atoms with Crippen molar-refractivity contribution >= 4 is 45.2 Å². The Hall–Kier alpha value is -4.34. The van der Waals surface area contributed by atoms with E-state index in [-0.39, 0.29) is 5.91 Å². The maximum Gasteiger partial charge on any atom is 0.255 e. The monoisotopic (exact) mass is 521 g/mol. The molecule has 0 aliphatic carbocycles. The van der Waals surface area contributed by atoms with Crippen LogP contribution in [0.5, 0.6) is 0 Å². The van der Waals surface area contributed by atoms with Gasteiger partial charge in [0, 0.05) is 49.5 Å². The number of amides is 1. The molecule has 9 heteroatoms. The number of aryl methyl sites for hydroxylation is 3. The van der Waals surface area contributed by atoms with Crippen LogP contribution in [0.3, 0.4) is 0 Å². The maximum absolute atomic E-state index is 13.3. The van der Waals surface area contributed by atoms with E-state index in [1.54, 1.807) is 0 Å². The number of anilines is 3. The fourth-order valence-electron chi connectivity index (χ4n) is 4.94. The van der Waals surface area contributed by atoms with E-state index >= 15 is 0 Å². The Labute approximate surface area is 226 Å². The van der Waals surface area contributed by atoms with E-state index in [1.165, 1.54) is 5.56 Å². The normalized spacial score (nSPS) is 14.1. The van der Waals surface area contributed by atoms with Gasteiger partial charge < -0.3 is 19.9 Å². The zero-order valence-electron chi connectivity index (χ0n) is 22.4. The number of benzene rings is 3. The van der Waals surface area contributed by atoms with Crippen LogP contribution in [0.15, 0.2) is 60.8 Å². The number of fused-ring (bicyclic) bond motifs is 2. The zero-order chi connectivity index (χ0) is 26.9. The highest BCUT2D eigenvalue weighted by Crippen LogP contribution is 2.30. The number of carbonyl (C=O) groups is 1. The van der Waals surface area contributed by atoms with Crippen molar-refractivity contribution in [2.24, 2.45) is 7.05 Å². The third-order valence-electron chi connectivity index (χ3n) is 7.25. The molecule has 6 rings (SSSR count). The van der Waals surface area contributed by atoms with Crippen LogP contribution in [-0.2, 0) is 18.3 Å². The van der Waals surface area contributed by atoms with Gasteiger partial charge in [-0.1, -0.05) is 30.3 Å². The number of nitrogens with one attached hydrogen (secondary N) is 2. The molecule has 1 saturated heterocycles. The molecule has 0 atom stereocenters. The fourth-order valence-corrected chi connectivity index (χ4v) is 4.94. The quantitative estimate of drug-likeness (QED) is 0.326. The fraction of sp³-hybridized carbons (Fsp3) is 0.267. The average Bonchev–Trinajstić information content (AvgIpc) is 3.23. The Kier molecular flexibility index (Phi) is 6.68. The number of rotatable bonds is 6. The first-order chi connectivity index (χ1) is 18.9. The largest absolute Gasteiger partial charge is 0.379 e. The number of hydrogen-bond donors (Lipinski definition) is 2. The molecule has 1 amide bonds. The first kappa shape index (κ1) is 25.0. The van der Waals surface area contributed by atoms with Crippen molar-refractivity contribution in [1.29, 1.82) is 0 Å². The zero-order valence-corrected chi connectivity index (χ0v) is 22.4. The van der Waals surface area contributed by atoms with Gasteiger partial charge in [-0.25, -0.2) is 15.0 Å². The maximum atomic E-state index is 13.3. The predicted octanol–water partition coefficient (Wildman–Crippen LogP) is 4.96. The van der Waals surface area contributed by atoms with E-state index < -0.39 is 0 Å². The molecule has 9 nitrogen and oxygen atoms in total. The number of morpholine rings is 1. The lowest BCUT2D eigenvalue weighted by Gasteiger charge is -2.26. The van der Waals surface area contributed by atoms with Crippen molar-refractivity contribution in [3.05, 3.63) is 83.3 Å². The van der Waals surface area contributed by atoms with Crippen molar-refractivity contribution < 1.29 is 9.53 Å². The molecule has 0 unspecified atom stereocenters. The van der Waals surface area contributed by atoms with Gasteiger partial charge in [-0.3, -0.25) is 9.69 Å². The minimum absolute atomic E-state index is 0.188. The summed E-state index contributed by atoms with van der Waals surface area (Å²) in [6.45, 7) is 8.22. The smallest absolute Gasteiger partial charge is 0.255 e. The van der Waals surface area contributed by atoms with Gasteiger partial charge in [0.15, 0.2) is 0 Å². The van der Waals surface area contributed by atoms with Gasteiger partial charge in [0.1, 0.15) is 11.3 Å². The summed E-state index contributed by atoms with van der Waals surface area (Å²) in [5.41, 5.74) is 6.75. The van der Waals surface area contributed by atoms with E-state index in [9.17, 15) is 4.79 Å². The molecule has 1 aliphatic rings. The third-order valence-corrected chi connectivity index (χ3v) is 7.25. The van der Waals surface area contributed by atoms with Crippen molar-refractivity contribution in [3.63, 3.8) is 0 Å². The van der Waals surface area contributed by atoms with E-state index in [2.05, 4.69) is 20.5 Å². The van der Waals surface area contributed by atoms with Gasteiger partial charge in [0.2, 0.25) is 5.95 Å². The summed E-state index contributed by atoms with van der Waals surface area (Å²) < 4.78 is 7.44. The summed E-state index contributed by atoms with van der Waals surface area (Å²) in [5.74, 6) is 1.15. The Morgan fingerprint density at radius 1 is 1.00 bits per heavy atom. The molecule has 5 aromatic rings. The molecular weight excluding hydrogens is 490 g/mol. The van der Waals surface area contributed by atoms with E-state index in [0.29, 0.717) is 17.2 Å². The Morgan fingerprint density at radius 3 is 2.59 bits per heavy atom. The summed E-state index contributed by atoms with van der Waals surface area (Å²) in [7, 11) is 1.96. The van der Waals surface area contributed by atoms with Crippen LogP contribution in [-0.4, -0.2) is 56.6 Å². The minimum Gasteiger partial charge on any atom is -0.379 e. The number of imidazole rings is 1. The highest BCUT2D eigenvalue weighted by atomic mass is 16.5. The van der Waals surface area contributed by atoms with Gasteiger partial charge in [0.25, 0.3) is 5.91 Å². The van der Waals surface area contributed by atoms with Crippen LogP contribution in [0, 0.1) is 13.8 Å². The summed E-state index contributed by atoms with van der Waals surface area (Å²) in [6, 6.07) is 17.7. The molecule has 0 bridgehead atoms. The van der Waals surface area contributed by atoms with E-state index in [1.807, 2.05) is 86.3 Å². The summed E-state index contributed by atoms with van der Waals surface area (Å²) in [5, 5.41) is 7.40. The Balaban J connectivity index is 1.26. The van der Waals surface area contributed by atoms with Crippen LogP contribution in [0.4, 0.5) is 17.3 Å². The minimum atomic E-state index is -0.188. The van der Waals surface area contributed by atoms with Crippen LogP contribution in [0.2, 0.25) is 0 Å². The summed E-state index contributed by atoms with van der Waals surface area (Å²) >= 11 is 0. The molecule has 2 N–H and O–H groups in total. The Bertz CT molecular complexity index is 1670. The van der Waals surface area contributed by atoms with Gasteiger partial charge in [0.05, 0.1) is 29.9 Å². The molecule has 0 saturated carbocycles. The molecule has 198 valence electrons. The highest BCUT2D eigenvalue weighted by Gasteiger charge is 2.16. The molecule has 1 fully saturated rings. The lowest BCUT2D eigenvalue weighted by atomic mass is 10.1. The number of carbonyl (C=O) groups excluding carboxylic acids is 1. The number of hydrogen-bond acceptors (Lipinski definition) is 7. The van der Waals surface area contributed by atoms with Gasteiger partial charge >= 0.3 is 0 Å². The number of nitrogens with zero attached hydrogens (tertiary/aromatic N) is 5. The predicted molar refractivity (Wildman–Crippen MR) is 153 cm³/mol. The second kappa shape index (κ2) is 10.4. The van der Waals surface area contributed by atoms with Crippen molar-refractivity contribution in [2.75, 3.05) is 36.9 Å². The number of ether oxygens (including phenoxy) is 1. The average molecular weight is 522 g/mol. The molecule has 39 heavy (non-hydrogen) atoms. The van der Waals surface area contributed by atoms with Gasteiger partial charge in [-0.2, -0.15) is 0 Å². The lowest BCUT2D eigenvalue weighted by Crippen LogP contribution is -2.35. The summed E-state index contributed by atoms with van der Waals surface area (Å²) in [4.78, 5) is 29.6. The number of aromatic nitrogens is 4. The Morgan fingerprint density at radius 2 is 1.79 bits per heavy atom. The van der Waals surface area contributed by atoms with Crippen LogP contribution < -0.4 is 10.6 Å². The van der Waals surface area contributed by atoms with Crippen molar-refractivity contribution in [3.8, 4) is 0 Å². The third kappa shape index (κ3) is 5.19. The van der Waals surface area contributed by atoms with Crippen LogP contribution in [0.25, 0.3) is 21.9 Å². The molecule has 1 aliphatic heterocycles. The van der Waals surface area contributed by atoms with Crippen LogP contribution in [0.1, 0.15) is 27.3 Å². The molecule has 0 spiro atoms. The molecular formula is C30H31N7O2. The van der Waals surface area contributed by atoms with Gasteiger partial charge in [-0.15, -0.1) is 0 Å². The standard InChI is InChI=1S/C30H31N7O2/c1-19-5-4-6-23-17-31-30(35-27(19)23)33-24-15-25(28-26(16-24)36(3)20(2)32-28)34-29(38)22-9-7-21(8-10-22)18-37-11-13-39-14-12-37/h4-10,15-17H,11-14,18H2,1-3H3,(H,34,38)(H,31,33,35). The topological polar surface area (TPSA) is 97.2 Å². The summed E-state index contributed by atoms with van der Waals surface area (Å²) in [6.07, 6.45) is 1.82. The first-order valence-electron chi connectivity index (χ1n) is 13.1. The molecule has 0 radical (unpaired) electrons. The molecule has 2 aromatic heterocycles. The second-order valence-corrected chi connectivity index (χ2v) is 9.98. The van der Waals surface area contributed by atoms with Gasteiger partial charge in [-0.05, 0) is 49.2 Å². The number of para-hydroxylation sites is 1. The molecule has 3 heterocycles. The lowest BCUT2D eigenvalue weighted by molar-refractivity contribution is 0.0342. The first-order valence-corrected chi connectivity index (χ1v) is 13.1. The second-order valence-electron chi connectivity index (χ2n) is 9.98. The van der Waals surface area contributed by atoms with Crippen molar-refractivity contribution in [2.45, 2.75) is 20.4 Å². The van der Waals surface area contributed by atoms with Crippen LogP contribution >= 0.6 is 0 Å². The van der Waals surface area contributed by atoms with Crippen molar-refractivity contribution in [1.82, 2.24) is 24.4 Å². The SMILES string of the molecule is Cc1cccc2cnc(Nc3cc(NC(=O)c4ccc(CN5CCOCC5)cc4)c4nc(C)n(C)c4c3)nc12.